The van der Waals surface area contributed by atoms with Crippen LogP contribution in [0.3, 0.4) is 0 Å². The average molecular weight is 189 g/mol. The molecule has 2 N–H and O–H groups in total. The van der Waals surface area contributed by atoms with E-state index in [2.05, 4.69) is 0 Å². The molecule has 0 saturated carbocycles. The molecule has 0 radical (unpaired) electrons. The zero-order valence-corrected chi connectivity index (χ0v) is 9.52. The lowest BCUT2D eigenvalue weighted by molar-refractivity contribution is -0.112. The highest BCUT2D eigenvalue weighted by atomic mass is 16.6. The molecule has 0 unspecified atom stereocenters. The summed E-state index contributed by atoms with van der Waals surface area (Å²) in [6, 6.07) is 0. The van der Waals surface area contributed by atoms with Crippen LogP contribution in [0.15, 0.2) is 0 Å². The summed E-state index contributed by atoms with van der Waals surface area (Å²) < 4.78 is 11.1. The second-order valence-electron chi connectivity index (χ2n) is 4.80. The SMILES string of the molecule is CC(C)(C)OCC(C)(C)OCCN. The molecule has 0 fully saturated rings. The molecule has 0 heterocycles. The molecule has 13 heavy (non-hydrogen) atoms. The van der Waals surface area contributed by atoms with Crippen LogP contribution >= 0.6 is 0 Å². The van der Waals surface area contributed by atoms with Crippen molar-refractivity contribution in [2.45, 2.75) is 45.8 Å². The topological polar surface area (TPSA) is 44.5 Å². The molecule has 0 aliphatic carbocycles. The van der Waals surface area contributed by atoms with Crippen LogP contribution in [0.5, 0.6) is 0 Å². The largest absolute Gasteiger partial charge is 0.373 e. The molecular weight excluding hydrogens is 166 g/mol. The predicted molar refractivity (Wildman–Crippen MR) is 54.8 cm³/mol. The number of hydrogen-bond acceptors (Lipinski definition) is 3. The van der Waals surface area contributed by atoms with Gasteiger partial charge in [-0.05, 0) is 34.6 Å². The molecular formula is C10H23NO2. The van der Waals surface area contributed by atoms with E-state index in [1.165, 1.54) is 0 Å². The first-order valence-electron chi connectivity index (χ1n) is 4.75. The van der Waals surface area contributed by atoms with Gasteiger partial charge in [0.1, 0.15) is 0 Å². The zero-order valence-electron chi connectivity index (χ0n) is 9.52. The van der Waals surface area contributed by atoms with Crippen molar-refractivity contribution in [3.8, 4) is 0 Å². The molecule has 0 atom stereocenters. The first-order chi connectivity index (χ1) is 5.77. The van der Waals surface area contributed by atoms with Gasteiger partial charge in [-0.1, -0.05) is 0 Å². The van der Waals surface area contributed by atoms with Crippen molar-refractivity contribution >= 4 is 0 Å². The second-order valence-corrected chi connectivity index (χ2v) is 4.80. The van der Waals surface area contributed by atoms with Crippen LogP contribution < -0.4 is 5.73 Å². The van der Waals surface area contributed by atoms with Crippen LogP contribution in [0.2, 0.25) is 0 Å². The Morgan fingerprint density at radius 3 is 1.92 bits per heavy atom. The van der Waals surface area contributed by atoms with E-state index >= 15 is 0 Å². The maximum Gasteiger partial charge on any atom is 0.0859 e. The van der Waals surface area contributed by atoms with E-state index in [-0.39, 0.29) is 11.2 Å². The van der Waals surface area contributed by atoms with Gasteiger partial charge >= 0.3 is 0 Å². The van der Waals surface area contributed by atoms with Gasteiger partial charge in [0.25, 0.3) is 0 Å². The molecule has 0 aromatic carbocycles. The third-order valence-corrected chi connectivity index (χ3v) is 1.46. The molecule has 0 spiro atoms. The van der Waals surface area contributed by atoms with Crippen molar-refractivity contribution in [1.82, 2.24) is 0 Å². The molecule has 3 nitrogen and oxygen atoms in total. The summed E-state index contributed by atoms with van der Waals surface area (Å²) in [5.74, 6) is 0. The fourth-order valence-electron chi connectivity index (χ4n) is 0.767. The van der Waals surface area contributed by atoms with E-state index in [1.54, 1.807) is 0 Å². The van der Waals surface area contributed by atoms with Crippen LogP contribution in [0.25, 0.3) is 0 Å². The van der Waals surface area contributed by atoms with Gasteiger partial charge in [0.2, 0.25) is 0 Å². The minimum atomic E-state index is -0.243. The van der Waals surface area contributed by atoms with Gasteiger partial charge in [-0.2, -0.15) is 0 Å². The molecule has 0 aliphatic heterocycles. The minimum Gasteiger partial charge on any atom is -0.373 e. The Kier molecular flexibility index (Phi) is 4.89. The zero-order chi connectivity index (χ0) is 10.5. The fraction of sp³-hybridized carbons (Fsp3) is 1.00. The Bertz CT molecular complexity index is 138. The Morgan fingerprint density at radius 2 is 1.54 bits per heavy atom. The molecule has 0 aliphatic rings. The maximum atomic E-state index is 5.63. The van der Waals surface area contributed by atoms with Crippen LogP contribution in [0.4, 0.5) is 0 Å². The molecule has 0 saturated heterocycles. The molecule has 80 valence electrons. The van der Waals surface area contributed by atoms with Crippen LogP contribution in [-0.2, 0) is 9.47 Å². The smallest absolute Gasteiger partial charge is 0.0859 e. The van der Waals surface area contributed by atoms with Gasteiger partial charge in [-0.25, -0.2) is 0 Å². The van der Waals surface area contributed by atoms with E-state index in [0.717, 1.165) is 0 Å². The predicted octanol–water partition coefficient (Wildman–Crippen LogP) is 1.56. The molecule has 0 amide bonds. The number of nitrogens with two attached hydrogens (primary N) is 1. The highest BCUT2D eigenvalue weighted by Crippen LogP contribution is 2.14. The number of hydrogen-bond donors (Lipinski definition) is 1. The number of rotatable bonds is 5. The lowest BCUT2D eigenvalue weighted by atomic mass is 10.1. The Morgan fingerprint density at radius 1 is 1.00 bits per heavy atom. The second kappa shape index (κ2) is 4.94. The molecule has 3 heteroatoms. The van der Waals surface area contributed by atoms with E-state index in [1.807, 2.05) is 34.6 Å². The van der Waals surface area contributed by atoms with Crippen LogP contribution in [0.1, 0.15) is 34.6 Å². The van der Waals surface area contributed by atoms with Gasteiger partial charge in [-0.3, -0.25) is 0 Å². The summed E-state index contributed by atoms with van der Waals surface area (Å²) in [6.45, 7) is 11.8. The Hall–Kier alpha value is -0.120. The summed E-state index contributed by atoms with van der Waals surface area (Å²) in [5, 5.41) is 0. The first kappa shape index (κ1) is 12.9. The average Bonchev–Trinajstić information content (AvgIpc) is 1.97. The Labute approximate surface area is 81.6 Å². The quantitative estimate of drug-likeness (QED) is 0.713. The fourth-order valence-corrected chi connectivity index (χ4v) is 0.767. The van der Waals surface area contributed by atoms with Crippen molar-refractivity contribution in [1.29, 1.82) is 0 Å². The van der Waals surface area contributed by atoms with Gasteiger partial charge in [-0.15, -0.1) is 0 Å². The highest BCUT2D eigenvalue weighted by molar-refractivity contribution is 4.70. The highest BCUT2D eigenvalue weighted by Gasteiger charge is 2.22. The summed E-state index contributed by atoms with van der Waals surface area (Å²) in [4.78, 5) is 0. The standard InChI is InChI=1S/C10H23NO2/c1-9(2,3)13-8-10(4,5)12-7-6-11/h6-8,11H2,1-5H3. The lowest BCUT2D eigenvalue weighted by Crippen LogP contribution is -2.36. The number of ether oxygens (including phenoxy) is 2. The van der Waals surface area contributed by atoms with Gasteiger partial charge in [0.05, 0.1) is 24.4 Å². The summed E-state index contributed by atoms with van der Waals surface area (Å²) in [5.41, 5.74) is 5.00. The third-order valence-electron chi connectivity index (χ3n) is 1.46. The minimum absolute atomic E-state index is 0.108. The van der Waals surface area contributed by atoms with E-state index in [9.17, 15) is 0 Å². The molecule has 0 aromatic rings. The van der Waals surface area contributed by atoms with Crippen molar-refractivity contribution in [3.63, 3.8) is 0 Å². The summed E-state index contributed by atoms with van der Waals surface area (Å²) in [6.07, 6.45) is 0. The van der Waals surface area contributed by atoms with Gasteiger partial charge < -0.3 is 15.2 Å². The Balaban J connectivity index is 3.75. The maximum absolute atomic E-state index is 5.63. The van der Waals surface area contributed by atoms with E-state index in [0.29, 0.717) is 19.8 Å². The van der Waals surface area contributed by atoms with Crippen molar-refractivity contribution in [2.24, 2.45) is 5.73 Å². The summed E-state index contributed by atoms with van der Waals surface area (Å²) >= 11 is 0. The monoisotopic (exact) mass is 189 g/mol. The molecule has 0 bridgehead atoms. The van der Waals surface area contributed by atoms with Crippen LogP contribution in [-0.4, -0.2) is 31.0 Å². The normalized spacial score (nSPS) is 13.4. The van der Waals surface area contributed by atoms with Crippen LogP contribution in [0, 0.1) is 0 Å². The first-order valence-corrected chi connectivity index (χ1v) is 4.75. The lowest BCUT2D eigenvalue weighted by Gasteiger charge is -2.29. The van der Waals surface area contributed by atoms with Crippen molar-refractivity contribution in [3.05, 3.63) is 0 Å². The summed E-state index contributed by atoms with van der Waals surface area (Å²) in [7, 11) is 0. The molecule has 0 rings (SSSR count). The van der Waals surface area contributed by atoms with Crippen molar-refractivity contribution < 1.29 is 9.47 Å². The van der Waals surface area contributed by atoms with Gasteiger partial charge in [0.15, 0.2) is 0 Å². The van der Waals surface area contributed by atoms with E-state index < -0.39 is 0 Å². The molecule has 0 aromatic heterocycles. The van der Waals surface area contributed by atoms with Gasteiger partial charge in [0, 0.05) is 6.54 Å². The van der Waals surface area contributed by atoms with E-state index in [4.69, 9.17) is 15.2 Å². The van der Waals surface area contributed by atoms with Crippen molar-refractivity contribution in [2.75, 3.05) is 19.8 Å². The third kappa shape index (κ3) is 8.22.